The van der Waals surface area contributed by atoms with E-state index in [-0.39, 0.29) is 0 Å². The maximum Gasteiger partial charge on any atom is 0.235 e. The number of aromatic nitrogens is 7. The number of rotatable bonds is 4. The maximum absolute atomic E-state index is 4.68. The molecule has 0 aliphatic heterocycles. The molecular formula is C15H15N7S. The number of nitrogens with zero attached hydrogens (tertiary/aromatic N) is 7. The summed E-state index contributed by atoms with van der Waals surface area (Å²) in [5.74, 6) is 0.654. The molecule has 0 saturated heterocycles. The largest absolute Gasteiger partial charge is 0.262 e. The van der Waals surface area contributed by atoms with Crippen LogP contribution in [0.2, 0.25) is 0 Å². The summed E-state index contributed by atoms with van der Waals surface area (Å²) >= 11 is 1.51. The minimum absolute atomic E-state index is 0.654. The summed E-state index contributed by atoms with van der Waals surface area (Å²) in [6, 6.07) is 7.76. The molecule has 116 valence electrons. The quantitative estimate of drug-likeness (QED) is 0.577. The molecule has 0 radical (unpaired) electrons. The van der Waals surface area contributed by atoms with Crippen molar-refractivity contribution in [3.8, 4) is 22.2 Å². The summed E-state index contributed by atoms with van der Waals surface area (Å²) in [7, 11) is 0. The van der Waals surface area contributed by atoms with Crippen molar-refractivity contribution >= 4 is 16.3 Å². The molecule has 0 unspecified atom stereocenters. The van der Waals surface area contributed by atoms with E-state index in [2.05, 4.69) is 38.4 Å². The van der Waals surface area contributed by atoms with E-state index < -0.39 is 0 Å². The van der Waals surface area contributed by atoms with Gasteiger partial charge in [0.25, 0.3) is 0 Å². The van der Waals surface area contributed by atoms with Gasteiger partial charge in [0, 0.05) is 12.7 Å². The van der Waals surface area contributed by atoms with Crippen LogP contribution in [-0.2, 0) is 6.54 Å². The van der Waals surface area contributed by atoms with Crippen LogP contribution < -0.4 is 0 Å². The number of aryl methyl sites for hydroxylation is 2. The predicted molar refractivity (Wildman–Crippen MR) is 88.1 cm³/mol. The second-order valence-corrected chi connectivity index (χ2v) is 6.19. The molecule has 0 bridgehead atoms. The van der Waals surface area contributed by atoms with Crippen LogP contribution >= 0.6 is 11.3 Å². The molecule has 0 fully saturated rings. The Bertz CT molecular complexity index is 951. The Morgan fingerprint density at radius 3 is 2.87 bits per heavy atom. The van der Waals surface area contributed by atoms with Crippen LogP contribution in [0.1, 0.15) is 19.0 Å². The Labute approximate surface area is 136 Å². The van der Waals surface area contributed by atoms with Gasteiger partial charge < -0.3 is 0 Å². The minimum atomic E-state index is 0.654. The van der Waals surface area contributed by atoms with E-state index in [0.717, 1.165) is 40.0 Å². The lowest BCUT2D eigenvalue weighted by atomic mass is 10.3. The van der Waals surface area contributed by atoms with Crippen molar-refractivity contribution in [1.29, 1.82) is 0 Å². The SMILES string of the molecule is CCCn1nc(C)cc1-c1nn2c(-c3ccccn3)nnc2s1. The molecule has 0 saturated carbocycles. The Morgan fingerprint density at radius 1 is 1.17 bits per heavy atom. The molecular weight excluding hydrogens is 310 g/mol. The van der Waals surface area contributed by atoms with Crippen molar-refractivity contribution in [1.82, 2.24) is 34.6 Å². The first-order chi connectivity index (χ1) is 11.3. The number of hydrogen-bond donors (Lipinski definition) is 0. The highest BCUT2D eigenvalue weighted by molar-refractivity contribution is 7.19. The van der Waals surface area contributed by atoms with Gasteiger partial charge in [-0.1, -0.05) is 24.3 Å². The molecule has 0 aromatic carbocycles. The average Bonchev–Trinajstić information content (AvgIpc) is 3.22. The maximum atomic E-state index is 4.68. The summed E-state index contributed by atoms with van der Waals surface area (Å²) in [5, 5.41) is 18.5. The molecule has 0 amide bonds. The molecule has 8 heteroatoms. The van der Waals surface area contributed by atoms with Crippen LogP contribution in [0.3, 0.4) is 0 Å². The van der Waals surface area contributed by atoms with E-state index in [1.807, 2.05) is 29.8 Å². The number of hydrogen-bond acceptors (Lipinski definition) is 6. The van der Waals surface area contributed by atoms with E-state index in [1.165, 1.54) is 11.3 Å². The van der Waals surface area contributed by atoms with Crippen LogP contribution in [-0.4, -0.2) is 34.6 Å². The smallest absolute Gasteiger partial charge is 0.235 e. The number of fused-ring (bicyclic) bond motifs is 1. The van der Waals surface area contributed by atoms with Crippen LogP contribution in [0.5, 0.6) is 0 Å². The lowest BCUT2D eigenvalue weighted by Crippen LogP contribution is -2.01. The van der Waals surface area contributed by atoms with Gasteiger partial charge >= 0.3 is 0 Å². The topological polar surface area (TPSA) is 73.8 Å². The van der Waals surface area contributed by atoms with E-state index >= 15 is 0 Å². The van der Waals surface area contributed by atoms with Crippen LogP contribution in [0.15, 0.2) is 30.5 Å². The van der Waals surface area contributed by atoms with Crippen LogP contribution in [0.4, 0.5) is 0 Å². The van der Waals surface area contributed by atoms with Crippen molar-refractivity contribution < 1.29 is 0 Å². The van der Waals surface area contributed by atoms with Crippen molar-refractivity contribution in [2.24, 2.45) is 0 Å². The molecule has 0 N–H and O–H groups in total. The Morgan fingerprint density at radius 2 is 2.09 bits per heavy atom. The zero-order chi connectivity index (χ0) is 15.8. The van der Waals surface area contributed by atoms with E-state index in [1.54, 1.807) is 10.7 Å². The van der Waals surface area contributed by atoms with Gasteiger partial charge in [0.05, 0.1) is 11.4 Å². The van der Waals surface area contributed by atoms with Gasteiger partial charge in [0.15, 0.2) is 5.01 Å². The van der Waals surface area contributed by atoms with Gasteiger partial charge in [-0.3, -0.25) is 9.67 Å². The molecule has 0 aliphatic rings. The standard InChI is InChI=1S/C15H15N7S/c1-3-8-21-12(9-10(2)19-21)14-20-22-13(17-18-15(22)23-14)11-6-4-5-7-16-11/h4-7,9H,3,8H2,1-2H3. The van der Waals surface area contributed by atoms with Gasteiger partial charge in [-0.25, -0.2) is 0 Å². The van der Waals surface area contributed by atoms with Crippen molar-refractivity contribution in [2.75, 3.05) is 0 Å². The van der Waals surface area contributed by atoms with Crippen LogP contribution in [0.25, 0.3) is 27.2 Å². The first-order valence-corrected chi connectivity index (χ1v) is 8.26. The van der Waals surface area contributed by atoms with E-state index in [0.29, 0.717) is 5.82 Å². The molecule has 0 atom stereocenters. The summed E-state index contributed by atoms with van der Waals surface area (Å²) < 4.78 is 3.75. The lowest BCUT2D eigenvalue weighted by molar-refractivity contribution is 0.603. The zero-order valence-corrected chi connectivity index (χ0v) is 13.7. The molecule has 4 aromatic heterocycles. The second-order valence-electron chi connectivity index (χ2n) is 5.23. The molecule has 4 aromatic rings. The molecule has 4 heterocycles. The Balaban J connectivity index is 1.83. The molecule has 4 rings (SSSR count). The fourth-order valence-electron chi connectivity index (χ4n) is 2.48. The Hall–Kier alpha value is -2.61. The fourth-order valence-corrected chi connectivity index (χ4v) is 3.33. The first kappa shape index (κ1) is 14.0. The van der Waals surface area contributed by atoms with Gasteiger partial charge in [0.2, 0.25) is 10.8 Å². The third kappa shape index (κ3) is 2.40. The fraction of sp³-hybridized carbons (Fsp3) is 0.267. The summed E-state index contributed by atoms with van der Waals surface area (Å²) in [5.41, 5.74) is 2.77. The highest BCUT2D eigenvalue weighted by atomic mass is 32.1. The third-order valence-electron chi connectivity index (χ3n) is 3.44. The number of pyridine rings is 1. The van der Waals surface area contributed by atoms with E-state index in [9.17, 15) is 0 Å². The van der Waals surface area contributed by atoms with Crippen molar-refractivity contribution in [3.05, 3.63) is 36.2 Å². The molecule has 23 heavy (non-hydrogen) atoms. The van der Waals surface area contributed by atoms with Gasteiger partial charge in [-0.05, 0) is 31.5 Å². The summed E-state index contributed by atoms with van der Waals surface area (Å²) in [6.45, 7) is 5.00. The molecule has 0 aliphatic carbocycles. The zero-order valence-electron chi connectivity index (χ0n) is 12.8. The third-order valence-corrected chi connectivity index (χ3v) is 4.36. The molecule has 7 nitrogen and oxygen atoms in total. The summed E-state index contributed by atoms with van der Waals surface area (Å²) in [6.07, 6.45) is 2.76. The van der Waals surface area contributed by atoms with Gasteiger partial charge in [0.1, 0.15) is 5.69 Å². The summed E-state index contributed by atoms with van der Waals surface area (Å²) in [4.78, 5) is 5.08. The highest BCUT2D eigenvalue weighted by Gasteiger charge is 2.17. The molecule has 0 spiro atoms. The highest BCUT2D eigenvalue weighted by Crippen LogP contribution is 2.28. The second kappa shape index (κ2) is 5.54. The van der Waals surface area contributed by atoms with E-state index in [4.69, 9.17) is 0 Å². The lowest BCUT2D eigenvalue weighted by Gasteiger charge is -2.02. The van der Waals surface area contributed by atoms with Crippen LogP contribution in [0, 0.1) is 6.92 Å². The Kier molecular flexibility index (Phi) is 3.38. The van der Waals surface area contributed by atoms with Gasteiger partial charge in [-0.2, -0.15) is 14.7 Å². The van der Waals surface area contributed by atoms with Crippen molar-refractivity contribution in [2.45, 2.75) is 26.8 Å². The predicted octanol–water partition coefficient (Wildman–Crippen LogP) is 2.83. The first-order valence-electron chi connectivity index (χ1n) is 7.44. The normalized spacial score (nSPS) is 11.4. The minimum Gasteiger partial charge on any atom is -0.262 e. The van der Waals surface area contributed by atoms with Gasteiger partial charge in [-0.15, -0.1) is 10.2 Å². The van der Waals surface area contributed by atoms with Crippen molar-refractivity contribution in [3.63, 3.8) is 0 Å². The monoisotopic (exact) mass is 325 g/mol. The average molecular weight is 325 g/mol.